The number of aryl methyl sites for hydroxylation is 1. The molecule has 0 saturated carbocycles. The maximum atomic E-state index is 9.03. The number of hydrogen-bond donors (Lipinski definition) is 2. The number of methoxy groups -OCH3 is 1. The summed E-state index contributed by atoms with van der Waals surface area (Å²) in [7, 11) is 1.61. The van der Waals surface area contributed by atoms with Crippen molar-refractivity contribution in [3.05, 3.63) is 59.2 Å². The summed E-state index contributed by atoms with van der Waals surface area (Å²) in [6.45, 7) is 4.53. The third-order valence-electron chi connectivity index (χ3n) is 4.91. The van der Waals surface area contributed by atoms with Crippen LogP contribution in [0.3, 0.4) is 0 Å². The molecule has 3 aromatic rings. The van der Waals surface area contributed by atoms with Gasteiger partial charge in [0, 0.05) is 48.5 Å². The molecule has 3 rings (SSSR count). The van der Waals surface area contributed by atoms with Crippen LogP contribution in [0.1, 0.15) is 18.9 Å². The molecule has 29 heavy (non-hydrogen) atoms. The van der Waals surface area contributed by atoms with Crippen molar-refractivity contribution >= 4 is 22.5 Å². The first-order chi connectivity index (χ1) is 14.1. The van der Waals surface area contributed by atoms with Crippen molar-refractivity contribution < 1.29 is 14.6 Å². The molecule has 0 aliphatic carbocycles. The van der Waals surface area contributed by atoms with Gasteiger partial charge in [-0.15, -0.1) is 0 Å². The van der Waals surface area contributed by atoms with Crippen molar-refractivity contribution in [3.63, 3.8) is 0 Å². The van der Waals surface area contributed by atoms with Crippen LogP contribution in [0.2, 0.25) is 5.02 Å². The van der Waals surface area contributed by atoms with E-state index in [2.05, 4.69) is 47.3 Å². The van der Waals surface area contributed by atoms with E-state index >= 15 is 0 Å². The minimum Gasteiger partial charge on any atom is -0.493 e. The van der Waals surface area contributed by atoms with Crippen molar-refractivity contribution in [2.24, 2.45) is 0 Å². The monoisotopic (exact) mass is 416 g/mol. The number of aromatic nitrogens is 1. The molecule has 6 heteroatoms. The van der Waals surface area contributed by atoms with E-state index < -0.39 is 0 Å². The summed E-state index contributed by atoms with van der Waals surface area (Å²) in [5, 5.41) is 14.4. The third-order valence-corrected chi connectivity index (χ3v) is 5.15. The van der Waals surface area contributed by atoms with Crippen LogP contribution >= 0.6 is 11.6 Å². The van der Waals surface area contributed by atoms with Gasteiger partial charge in [0.05, 0.1) is 7.11 Å². The van der Waals surface area contributed by atoms with Gasteiger partial charge in [-0.2, -0.15) is 0 Å². The van der Waals surface area contributed by atoms with Gasteiger partial charge >= 0.3 is 0 Å². The van der Waals surface area contributed by atoms with Crippen molar-refractivity contribution in [2.75, 3.05) is 26.9 Å². The second-order valence-electron chi connectivity index (χ2n) is 7.18. The smallest absolute Gasteiger partial charge is 0.162 e. The molecular formula is C23H29ClN2O3. The zero-order valence-electron chi connectivity index (χ0n) is 17.0. The van der Waals surface area contributed by atoms with E-state index in [1.165, 1.54) is 16.5 Å². The molecule has 0 aliphatic heterocycles. The molecule has 0 bridgehead atoms. The zero-order chi connectivity index (χ0) is 20.6. The minimum atomic E-state index is 0.218. The molecule has 156 valence electrons. The maximum Gasteiger partial charge on any atom is 0.162 e. The minimum absolute atomic E-state index is 0.218. The molecule has 0 spiro atoms. The Morgan fingerprint density at radius 2 is 2.00 bits per heavy atom. The molecule has 0 saturated heterocycles. The van der Waals surface area contributed by atoms with Gasteiger partial charge < -0.3 is 24.5 Å². The highest BCUT2D eigenvalue weighted by molar-refractivity contribution is 6.30. The first-order valence-electron chi connectivity index (χ1n) is 9.99. The van der Waals surface area contributed by atoms with E-state index in [0.29, 0.717) is 29.2 Å². The van der Waals surface area contributed by atoms with Crippen LogP contribution < -0.4 is 14.8 Å². The quantitative estimate of drug-likeness (QED) is 0.458. The predicted octanol–water partition coefficient (Wildman–Crippen LogP) is 4.29. The molecule has 1 aromatic heterocycles. The van der Waals surface area contributed by atoms with Crippen LogP contribution in [0.5, 0.6) is 11.5 Å². The Morgan fingerprint density at radius 3 is 2.79 bits per heavy atom. The second kappa shape index (κ2) is 10.5. The molecule has 2 N–H and O–H groups in total. The largest absolute Gasteiger partial charge is 0.493 e. The van der Waals surface area contributed by atoms with E-state index in [-0.39, 0.29) is 6.61 Å². The second-order valence-corrected chi connectivity index (χ2v) is 7.62. The highest BCUT2D eigenvalue weighted by Crippen LogP contribution is 2.29. The first kappa shape index (κ1) is 21.5. The normalized spacial score (nSPS) is 12.3. The van der Waals surface area contributed by atoms with E-state index in [0.717, 1.165) is 25.9 Å². The lowest BCUT2D eigenvalue weighted by atomic mass is 10.1. The van der Waals surface area contributed by atoms with Crippen molar-refractivity contribution in [2.45, 2.75) is 32.4 Å². The summed E-state index contributed by atoms with van der Waals surface area (Å²) in [5.74, 6) is 1.34. The van der Waals surface area contributed by atoms with Crippen LogP contribution in [-0.2, 0) is 13.0 Å². The molecule has 0 unspecified atom stereocenters. The summed E-state index contributed by atoms with van der Waals surface area (Å²) in [5.41, 5.74) is 2.52. The van der Waals surface area contributed by atoms with E-state index in [1.54, 1.807) is 19.2 Å². The highest BCUT2D eigenvalue weighted by atomic mass is 35.5. The Morgan fingerprint density at radius 1 is 1.14 bits per heavy atom. The molecule has 2 aromatic carbocycles. The summed E-state index contributed by atoms with van der Waals surface area (Å²) in [4.78, 5) is 0. The lowest BCUT2D eigenvalue weighted by molar-refractivity contribution is 0.280. The van der Waals surface area contributed by atoms with Crippen molar-refractivity contribution in [3.8, 4) is 11.5 Å². The summed E-state index contributed by atoms with van der Waals surface area (Å²) >= 11 is 5.98. The SMILES string of the molecule is COc1cc(Cl)ccc1OCCN[C@H](C)Cc1ccc2c(ccn2CCCO)c1. The summed E-state index contributed by atoms with van der Waals surface area (Å²) in [6, 6.07) is 14.4. The Balaban J connectivity index is 1.47. The number of ether oxygens (including phenoxy) is 2. The van der Waals surface area contributed by atoms with Gasteiger partial charge in [0.15, 0.2) is 11.5 Å². The average molecular weight is 417 g/mol. The number of nitrogens with zero attached hydrogens (tertiary/aromatic N) is 1. The van der Waals surface area contributed by atoms with Gasteiger partial charge in [-0.25, -0.2) is 0 Å². The fourth-order valence-electron chi connectivity index (χ4n) is 3.47. The number of benzene rings is 2. The van der Waals surface area contributed by atoms with Gasteiger partial charge in [0.1, 0.15) is 6.61 Å². The number of aliphatic hydroxyl groups is 1. The average Bonchev–Trinajstić information content (AvgIpc) is 3.12. The van der Waals surface area contributed by atoms with E-state index in [9.17, 15) is 0 Å². The molecular weight excluding hydrogens is 388 g/mol. The number of fused-ring (bicyclic) bond motifs is 1. The topological polar surface area (TPSA) is 55.7 Å². The summed E-state index contributed by atoms with van der Waals surface area (Å²) in [6.07, 6.45) is 3.81. The molecule has 5 nitrogen and oxygen atoms in total. The first-order valence-corrected chi connectivity index (χ1v) is 10.4. The Labute approximate surface area is 177 Å². The lowest BCUT2D eigenvalue weighted by Gasteiger charge is -2.15. The van der Waals surface area contributed by atoms with Crippen LogP contribution in [0, 0.1) is 0 Å². The van der Waals surface area contributed by atoms with E-state index in [4.69, 9.17) is 26.2 Å². The molecule has 0 radical (unpaired) electrons. The fraction of sp³-hybridized carbons (Fsp3) is 0.391. The Kier molecular flexibility index (Phi) is 7.81. The van der Waals surface area contributed by atoms with Crippen LogP contribution in [-0.4, -0.2) is 42.6 Å². The Bertz CT molecular complexity index is 926. The highest BCUT2D eigenvalue weighted by Gasteiger charge is 2.08. The van der Waals surface area contributed by atoms with Crippen molar-refractivity contribution in [1.29, 1.82) is 0 Å². The van der Waals surface area contributed by atoms with Crippen LogP contribution in [0.15, 0.2) is 48.7 Å². The van der Waals surface area contributed by atoms with E-state index in [1.807, 2.05) is 6.07 Å². The van der Waals surface area contributed by atoms with Gasteiger partial charge in [-0.3, -0.25) is 0 Å². The fourth-order valence-corrected chi connectivity index (χ4v) is 3.63. The number of nitrogens with one attached hydrogen (secondary N) is 1. The van der Waals surface area contributed by atoms with Crippen molar-refractivity contribution in [1.82, 2.24) is 9.88 Å². The van der Waals surface area contributed by atoms with Gasteiger partial charge in [0.25, 0.3) is 0 Å². The predicted molar refractivity (Wildman–Crippen MR) is 118 cm³/mol. The molecule has 0 fully saturated rings. The number of aliphatic hydroxyl groups excluding tert-OH is 1. The third kappa shape index (κ3) is 5.89. The summed E-state index contributed by atoms with van der Waals surface area (Å²) < 4.78 is 13.3. The molecule has 1 heterocycles. The number of hydrogen-bond acceptors (Lipinski definition) is 4. The van der Waals surface area contributed by atoms with Gasteiger partial charge in [-0.05, 0) is 61.0 Å². The van der Waals surface area contributed by atoms with Crippen LogP contribution in [0.4, 0.5) is 0 Å². The maximum absolute atomic E-state index is 9.03. The van der Waals surface area contributed by atoms with Gasteiger partial charge in [0.2, 0.25) is 0 Å². The standard InChI is InChI=1S/C23H29ClN2O3/c1-17(25-9-13-29-22-7-5-20(24)16-23(22)28-2)14-18-4-6-21-19(15-18)8-11-26(21)10-3-12-27/h4-8,11,15-17,25,27H,3,9-10,12-14H2,1-2H3/t17-/m1/s1. The van der Waals surface area contributed by atoms with Gasteiger partial charge in [-0.1, -0.05) is 17.7 Å². The molecule has 0 aliphatic rings. The Hall–Kier alpha value is -2.21. The molecule has 1 atom stereocenters. The number of rotatable bonds is 11. The lowest BCUT2D eigenvalue weighted by Crippen LogP contribution is -2.31. The zero-order valence-corrected chi connectivity index (χ0v) is 17.8. The van der Waals surface area contributed by atoms with Crippen LogP contribution in [0.25, 0.3) is 10.9 Å². The number of halogens is 1. The molecule has 0 amide bonds.